The number of hydrogen-bond donors (Lipinski definition) is 2. The summed E-state index contributed by atoms with van der Waals surface area (Å²) in [4.78, 5) is 31.2. The van der Waals surface area contributed by atoms with Gasteiger partial charge in [-0.15, -0.1) is 0 Å². The van der Waals surface area contributed by atoms with Crippen LogP contribution in [0.1, 0.15) is 24.4 Å². The molecule has 1 aliphatic rings. The summed E-state index contributed by atoms with van der Waals surface area (Å²) in [5.74, 6) is 0.768. The van der Waals surface area contributed by atoms with Gasteiger partial charge in [-0.2, -0.15) is 0 Å². The summed E-state index contributed by atoms with van der Waals surface area (Å²) < 4.78 is 10.3. The first-order valence-corrected chi connectivity index (χ1v) is 9.61. The minimum absolute atomic E-state index is 0.168. The molecule has 0 spiro atoms. The van der Waals surface area contributed by atoms with Gasteiger partial charge < -0.3 is 19.7 Å². The molecule has 0 unspecified atom stereocenters. The highest BCUT2D eigenvalue weighted by Crippen LogP contribution is 2.29. The van der Waals surface area contributed by atoms with Crippen molar-refractivity contribution in [2.45, 2.75) is 26.8 Å². The SMILES string of the molecule is CCOC(=O)Nc1nc2c(s1)CN(C(=O)Nc1ccc(OCC)cc1)CC2. The van der Waals surface area contributed by atoms with Gasteiger partial charge >= 0.3 is 12.1 Å². The van der Waals surface area contributed by atoms with Gasteiger partial charge in [-0.25, -0.2) is 14.6 Å². The average Bonchev–Trinajstić information content (AvgIpc) is 3.05. The van der Waals surface area contributed by atoms with Gasteiger partial charge in [0.05, 0.1) is 25.5 Å². The third kappa shape index (κ3) is 4.88. The first kappa shape index (κ1) is 19.0. The van der Waals surface area contributed by atoms with Crippen molar-refractivity contribution in [2.24, 2.45) is 0 Å². The molecule has 0 saturated carbocycles. The molecule has 0 fully saturated rings. The minimum atomic E-state index is -0.520. The number of ether oxygens (including phenoxy) is 2. The van der Waals surface area contributed by atoms with Crippen LogP contribution in [0.25, 0.3) is 0 Å². The summed E-state index contributed by atoms with van der Waals surface area (Å²) in [5.41, 5.74) is 1.63. The van der Waals surface area contributed by atoms with Gasteiger partial charge in [-0.1, -0.05) is 11.3 Å². The maximum Gasteiger partial charge on any atom is 0.413 e. The number of nitrogens with one attached hydrogen (secondary N) is 2. The molecule has 1 aromatic carbocycles. The van der Waals surface area contributed by atoms with Crippen molar-refractivity contribution in [1.82, 2.24) is 9.88 Å². The number of amides is 3. The van der Waals surface area contributed by atoms with Crippen molar-refractivity contribution in [1.29, 1.82) is 0 Å². The first-order chi connectivity index (χ1) is 13.1. The highest BCUT2D eigenvalue weighted by atomic mass is 32.1. The molecule has 8 nitrogen and oxygen atoms in total. The van der Waals surface area contributed by atoms with Crippen molar-refractivity contribution in [3.05, 3.63) is 34.8 Å². The Kier molecular flexibility index (Phi) is 6.12. The number of carbonyl (C=O) groups is 2. The largest absolute Gasteiger partial charge is 0.494 e. The second-order valence-corrected chi connectivity index (χ2v) is 6.88. The number of anilines is 2. The monoisotopic (exact) mass is 390 g/mol. The van der Waals surface area contributed by atoms with E-state index in [1.807, 2.05) is 31.2 Å². The zero-order valence-corrected chi connectivity index (χ0v) is 16.1. The van der Waals surface area contributed by atoms with Gasteiger partial charge in [0.15, 0.2) is 5.13 Å². The van der Waals surface area contributed by atoms with E-state index in [0.717, 1.165) is 16.3 Å². The zero-order valence-electron chi connectivity index (χ0n) is 15.3. The fourth-order valence-corrected chi connectivity index (χ4v) is 3.69. The Hall–Kier alpha value is -2.81. The second-order valence-electron chi connectivity index (χ2n) is 5.79. The van der Waals surface area contributed by atoms with Crippen LogP contribution in [0.15, 0.2) is 24.3 Å². The molecule has 0 radical (unpaired) electrons. The van der Waals surface area contributed by atoms with Crippen LogP contribution in [-0.4, -0.2) is 41.8 Å². The molecule has 0 aliphatic carbocycles. The van der Waals surface area contributed by atoms with Gasteiger partial charge in [0.2, 0.25) is 0 Å². The lowest BCUT2D eigenvalue weighted by molar-refractivity contribution is 0.168. The molecule has 3 rings (SSSR count). The van der Waals surface area contributed by atoms with Crippen molar-refractivity contribution in [3.63, 3.8) is 0 Å². The average molecular weight is 390 g/mol. The molecule has 27 heavy (non-hydrogen) atoms. The molecule has 0 saturated heterocycles. The van der Waals surface area contributed by atoms with E-state index in [4.69, 9.17) is 9.47 Å². The predicted molar refractivity (Wildman–Crippen MR) is 104 cm³/mol. The summed E-state index contributed by atoms with van der Waals surface area (Å²) in [7, 11) is 0. The summed E-state index contributed by atoms with van der Waals surface area (Å²) in [6, 6.07) is 7.10. The van der Waals surface area contributed by atoms with Gasteiger partial charge in [-0.05, 0) is 38.1 Å². The lowest BCUT2D eigenvalue weighted by atomic mass is 10.2. The topological polar surface area (TPSA) is 92.8 Å². The molecule has 2 N–H and O–H groups in total. The Balaban J connectivity index is 1.59. The Labute approximate surface area is 161 Å². The highest BCUT2D eigenvalue weighted by Gasteiger charge is 2.24. The molecule has 0 atom stereocenters. The Morgan fingerprint density at radius 2 is 1.96 bits per heavy atom. The number of hydrogen-bond acceptors (Lipinski definition) is 6. The van der Waals surface area contributed by atoms with Crippen molar-refractivity contribution in [3.8, 4) is 5.75 Å². The van der Waals surface area contributed by atoms with Crippen LogP contribution >= 0.6 is 11.3 Å². The van der Waals surface area contributed by atoms with Crippen LogP contribution in [0.4, 0.5) is 20.4 Å². The van der Waals surface area contributed by atoms with Gasteiger partial charge in [-0.3, -0.25) is 5.32 Å². The van der Waals surface area contributed by atoms with Crippen molar-refractivity contribution < 1.29 is 19.1 Å². The zero-order chi connectivity index (χ0) is 19.2. The summed E-state index contributed by atoms with van der Waals surface area (Å²) in [6.45, 7) is 5.60. The van der Waals surface area contributed by atoms with E-state index in [1.165, 1.54) is 11.3 Å². The lowest BCUT2D eigenvalue weighted by Crippen LogP contribution is -2.38. The molecule has 144 valence electrons. The number of nitrogens with zero attached hydrogens (tertiary/aromatic N) is 2. The molecular weight excluding hydrogens is 368 g/mol. The second kappa shape index (κ2) is 8.72. The number of benzene rings is 1. The third-order valence-corrected chi connectivity index (χ3v) is 4.92. The van der Waals surface area contributed by atoms with E-state index in [0.29, 0.717) is 43.5 Å². The van der Waals surface area contributed by atoms with Gasteiger partial charge in [0, 0.05) is 23.5 Å². The van der Waals surface area contributed by atoms with Crippen LogP contribution < -0.4 is 15.4 Å². The molecule has 2 aromatic rings. The van der Waals surface area contributed by atoms with Crippen LogP contribution in [0, 0.1) is 0 Å². The van der Waals surface area contributed by atoms with E-state index in [-0.39, 0.29) is 6.03 Å². The smallest absolute Gasteiger partial charge is 0.413 e. The fraction of sp³-hybridized carbons (Fsp3) is 0.389. The standard InChI is InChI=1S/C18H22N4O4S/c1-3-25-13-7-5-12(6-8-13)19-17(23)22-10-9-14-15(11-22)27-16(20-14)21-18(24)26-4-2/h5-8H,3-4,9-11H2,1-2H3,(H,19,23)(H,20,21,24). The number of urea groups is 1. The molecule has 0 bridgehead atoms. The van der Waals surface area contributed by atoms with Crippen LogP contribution in [-0.2, 0) is 17.7 Å². The number of aromatic nitrogens is 1. The maximum atomic E-state index is 12.5. The van der Waals surface area contributed by atoms with Crippen LogP contribution in [0.3, 0.4) is 0 Å². The summed E-state index contributed by atoms with van der Waals surface area (Å²) >= 11 is 1.36. The Morgan fingerprint density at radius 3 is 2.67 bits per heavy atom. The summed E-state index contributed by atoms with van der Waals surface area (Å²) in [6.07, 6.45) is 0.126. The Morgan fingerprint density at radius 1 is 1.19 bits per heavy atom. The molecular formula is C18H22N4O4S. The quantitative estimate of drug-likeness (QED) is 0.812. The number of fused-ring (bicyclic) bond motifs is 1. The van der Waals surface area contributed by atoms with Crippen LogP contribution in [0.2, 0.25) is 0 Å². The number of carbonyl (C=O) groups excluding carboxylic acids is 2. The van der Waals surface area contributed by atoms with Crippen molar-refractivity contribution in [2.75, 3.05) is 30.4 Å². The summed E-state index contributed by atoms with van der Waals surface area (Å²) in [5, 5.41) is 6.00. The van der Waals surface area contributed by atoms with E-state index < -0.39 is 6.09 Å². The normalized spacial score (nSPS) is 12.9. The lowest BCUT2D eigenvalue weighted by Gasteiger charge is -2.26. The first-order valence-electron chi connectivity index (χ1n) is 8.80. The molecule has 1 aliphatic heterocycles. The Bertz CT molecular complexity index is 806. The molecule has 3 amide bonds. The molecule has 2 heterocycles. The fourth-order valence-electron chi connectivity index (χ4n) is 2.68. The number of thiazole rings is 1. The minimum Gasteiger partial charge on any atom is -0.494 e. The van der Waals surface area contributed by atoms with Crippen LogP contribution in [0.5, 0.6) is 5.75 Å². The highest BCUT2D eigenvalue weighted by molar-refractivity contribution is 7.15. The number of rotatable bonds is 5. The van der Waals surface area contributed by atoms with E-state index in [1.54, 1.807) is 11.8 Å². The van der Waals surface area contributed by atoms with E-state index in [9.17, 15) is 9.59 Å². The van der Waals surface area contributed by atoms with Crippen molar-refractivity contribution >= 4 is 34.3 Å². The van der Waals surface area contributed by atoms with Gasteiger partial charge in [0.25, 0.3) is 0 Å². The molecule has 9 heteroatoms. The molecule has 1 aromatic heterocycles. The maximum absolute atomic E-state index is 12.5. The van der Waals surface area contributed by atoms with Gasteiger partial charge in [0.1, 0.15) is 5.75 Å². The predicted octanol–water partition coefficient (Wildman–Crippen LogP) is 3.70. The third-order valence-electron chi connectivity index (χ3n) is 3.92. The van der Waals surface area contributed by atoms with E-state index >= 15 is 0 Å². The van der Waals surface area contributed by atoms with E-state index in [2.05, 4.69) is 15.6 Å².